The number of hydrogen-bond acceptors (Lipinski definition) is 4. The third kappa shape index (κ3) is 2.23. The van der Waals surface area contributed by atoms with Gasteiger partial charge in [-0.05, 0) is 25.8 Å². The molecule has 1 aromatic rings. The predicted octanol–water partition coefficient (Wildman–Crippen LogP) is 0.500. The Kier molecular flexibility index (Phi) is 2.46. The molecule has 2 heterocycles. The van der Waals surface area contributed by atoms with E-state index < -0.39 is 0 Å². The van der Waals surface area contributed by atoms with Gasteiger partial charge >= 0.3 is 0 Å². The highest BCUT2D eigenvalue weighted by Crippen LogP contribution is 2.24. The summed E-state index contributed by atoms with van der Waals surface area (Å²) in [6.45, 7) is 3.42. The molecule has 90 valence electrons. The summed E-state index contributed by atoms with van der Waals surface area (Å²) in [5.74, 6) is 1.04. The van der Waals surface area contributed by atoms with Crippen molar-refractivity contribution < 1.29 is 4.79 Å². The highest BCUT2D eigenvalue weighted by molar-refractivity contribution is 5.82. The van der Waals surface area contributed by atoms with Crippen LogP contribution >= 0.6 is 0 Å². The van der Waals surface area contributed by atoms with Crippen LogP contribution in [-0.4, -0.2) is 35.0 Å². The standard InChI is InChI=1S/C12H16N4O/c1-8-4-5-13-12(14-8)16-6-9(7-16)11(17)15-10-2-3-10/h4-5,9-10H,2-3,6-7H2,1H3,(H,15,17). The summed E-state index contributed by atoms with van der Waals surface area (Å²) >= 11 is 0. The van der Waals surface area contributed by atoms with Crippen molar-refractivity contribution >= 4 is 11.9 Å². The lowest BCUT2D eigenvalue weighted by molar-refractivity contribution is -0.125. The quantitative estimate of drug-likeness (QED) is 0.824. The number of amides is 1. The Labute approximate surface area is 100 Å². The normalized spacial score (nSPS) is 19.9. The minimum absolute atomic E-state index is 0.111. The second-order valence-electron chi connectivity index (χ2n) is 4.88. The highest BCUT2D eigenvalue weighted by atomic mass is 16.2. The number of nitrogens with one attached hydrogen (secondary N) is 1. The van der Waals surface area contributed by atoms with Gasteiger partial charge in [0.1, 0.15) is 0 Å². The lowest BCUT2D eigenvalue weighted by atomic mass is 10.00. The Bertz CT molecular complexity index is 438. The number of nitrogens with zero attached hydrogens (tertiary/aromatic N) is 3. The van der Waals surface area contributed by atoms with E-state index in [1.54, 1.807) is 6.20 Å². The van der Waals surface area contributed by atoms with Crippen LogP contribution in [0.3, 0.4) is 0 Å². The van der Waals surface area contributed by atoms with Gasteiger partial charge in [0.2, 0.25) is 11.9 Å². The van der Waals surface area contributed by atoms with Gasteiger partial charge in [0.15, 0.2) is 0 Å². The van der Waals surface area contributed by atoms with Crippen LogP contribution in [0.25, 0.3) is 0 Å². The molecule has 1 amide bonds. The molecule has 0 radical (unpaired) electrons. The summed E-state index contributed by atoms with van der Waals surface area (Å²) in [7, 11) is 0. The number of anilines is 1. The van der Waals surface area contributed by atoms with E-state index in [4.69, 9.17) is 0 Å². The van der Waals surface area contributed by atoms with Crippen LogP contribution in [0.15, 0.2) is 12.3 Å². The van der Waals surface area contributed by atoms with Crippen molar-refractivity contribution in [1.29, 1.82) is 0 Å². The van der Waals surface area contributed by atoms with E-state index in [0.29, 0.717) is 6.04 Å². The van der Waals surface area contributed by atoms with E-state index in [1.165, 1.54) is 0 Å². The largest absolute Gasteiger partial charge is 0.353 e. The smallest absolute Gasteiger partial charge is 0.226 e. The van der Waals surface area contributed by atoms with Crippen molar-refractivity contribution in [1.82, 2.24) is 15.3 Å². The molecule has 3 rings (SSSR count). The summed E-state index contributed by atoms with van der Waals surface area (Å²) in [5, 5.41) is 3.03. The number of carbonyl (C=O) groups is 1. The van der Waals surface area contributed by atoms with E-state index in [2.05, 4.69) is 15.3 Å². The molecule has 1 saturated carbocycles. The number of rotatable bonds is 3. The molecular formula is C12H16N4O. The topological polar surface area (TPSA) is 58.1 Å². The molecule has 1 aliphatic heterocycles. The van der Waals surface area contributed by atoms with E-state index in [1.807, 2.05) is 17.9 Å². The third-order valence-electron chi connectivity index (χ3n) is 3.24. The van der Waals surface area contributed by atoms with Crippen molar-refractivity contribution in [3.8, 4) is 0 Å². The summed E-state index contributed by atoms with van der Waals surface area (Å²) in [4.78, 5) is 22.3. The van der Waals surface area contributed by atoms with Gasteiger partial charge in [0.25, 0.3) is 0 Å². The van der Waals surface area contributed by atoms with Crippen molar-refractivity contribution in [2.24, 2.45) is 5.92 Å². The average molecular weight is 232 g/mol. The molecule has 5 nitrogen and oxygen atoms in total. The number of carbonyl (C=O) groups excluding carboxylic acids is 1. The maximum atomic E-state index is 11.7. The van der Waals surface area contributed by atoms with E-state index in [0.717, 1.165) is 37.6 Å². The first-order valence-electron chi connectivity index (χ1n) is 6.07. The van der Waals surface area contributed by atoms with Gasteiger partial charge in [0, 0.05) is 31.0 Å². The monoisotopic (exact) mass is 232 g/mol. The van der Waals surface area contributed by atoms with Gasteiger partial charge in [-0.2, -0.15) is 0 Å². The van der Waals surface area contributed by atoms with Crippen LogP contribution in [-0.2, 0) is 4.79 Å². The first kappa shape index (κ1) is 10.5. The average Bonchev–Trinajstić information content (AvgIpc) is 2.99. The van der Waals surface area contributed by atoms with Gasteiger partial charge in [-0.1, -0.05) is 0 Å². The van der Waals surface area contributed by atoms with Gasteiger partial charge in [-0.3, -0.25) is 4.79 Å². The van der Waals surface area contributed by atoms with Crippen LogP contribution in [0.1, 0.15) is 18.5 Å². The molecule has 2 fully saturated rings. The zero-order valence-electron chi connectivity index (χ0n) is 9.89. The lowest BCUT2D eigenvalue weighted by Gasteiger charge is -2.38. The Balaban J connectivity index is 1.55. The fraction of sp³-hybridized carbons (Fsp3) is 0.583. The van der Waals surface area contributed by atoms with E-state index in [9.17, 15) is 4.79 Å². The van der Waals surface area contributed by atoms with Crippen molar-refractivity contribution in [2.45, 2.75) is 25.8 Å². The predicted molar refractivity (Wildman–Crippen MR) is 63.6 cm³/mol. The Morgan fingerprint density at radius 3 is 2.88 bits per heavy atom. The molecule has 1 aliphatic carbocycles. The first-order chi connectivity index (χ1) is 8.22. The fourth-order valence-electron chi connectivity index (χ4n) is 1.94. The highest BCUT2D eigenvalue weighted by Gasteiger charge is 2.36. The molecule has 1 N–H and O–H groups in total. The second-order valence-corrected chi connectivity index (χ2v) is 4.88. The molecule has 5 heteroatoms. The molecule has 1 aromatic heterocycles. The van der Waals surface area contributed by atoms with Crippen molar-refractivity contribution in [3.63, 3.8) is 0 Å². The molecule has 2 aliphatic rings. The Morgan fingerprint density at radius 2 is 2.24 bits per heavy atom. The molecule has 1 saturated heterocycles. The summed E-state index contributed by atoms with van der Waals surface area (Å²) in [6, 6.07) is 2.33. The third-order valence-corrected chi connectivity index (χ3v) is 3.24. The van der Waals surface area contributed by atoms with Crippen LogP contribution < -0.4 is 10.2 Å². The Morgan fingerprint density at radius 1 is 1.47 bits per heavy atom. The van der Waals surface area contributed by atoms with E-state index in [-0.39, 0.29) is 11.8 Å². The summed E-state index contributed by atoms with van der Waals surface area (Å²) in [5.41, 5.74) is 0.959. The maximum Gasteiger partial charge on any atom is 0.226 e. The molecule has 0 unspecified atom stereocenters. The zero-order valence-corrected chi connectivity index (χ0v) is 9.89. The lowest BCUT2D eigenvalue weighted by Crippen LogP contribution is -2.54. The molecular weight excluding hydrogens is 216 g/mol. The van der Waals surface area contributed by atoms with Gasteiger partial charge in [0.05, 0.1) is 5.92 Å². The van der Waals surface area contributed by atoms with E-state index >= 15 is 0 Å². The van der Waals surface area contributed by atoms with Crippen molar-refractivity contribution in [3.05, 3.63) is 18.0 Å². The zero-order chi connectivity index (χ0) is 11.8. The number of aromatic nitrogens is 2. The minimum atomic E-state index is 0.111. The van der Waals surface area contributed by atoms with Gasteiger partial charge in [-0.15, -0.1) is 0 Å². The van der Waals surface area contributed by atoms with Crippen LogP contribution in [0.5, 0.6) is 0 Å². The molecule has 0 spiro atoms. The first-order valence-corrected chi connectivity index (χ1v) is 6.07. The molecule has 17 heavy (non-hydrogen) atoms. The fourth-order valence-corrected chi connectivity index (χ4v) is 1.94. The van der Waals surface area contributed by atoms with Crippen LogP contribution in [0.2, 0.25) is 0 Å². The van der Waals surface area contributed by atoms with Crippen LogP contribution in [0.4, 0.5) is 5.95 Å². The Hall–Kier alpha value is -1.65. The minimum Gasteiger partial charge on any atom is -0.353 e. The molecule has 0 atom stereocenters. The second kappa shape index (κ2) is 3.98. The van der Waals surface area contributed by atoms with Gasteiger partial charge in [-0.25, -0.2) is 9.97 Å². The number of hydrogen-bond donors (Lipinski definition) is 1. The number of aryl methyl sites for hydroxylation is 1. The maximum absolute atomic E-state index is 11.7. The SMILES string of the molecule is Cc1ccnc(N2CC(C(=O)NC3CC3)C2)n1. The van der Waals surface area contributed by atoms with Crippen LogP contribution in [0, 0.1) is 12.8 Å². The summed E-state index contributed by atoms with van der Waals surface area (Å²) < 4.78 is 0. The van der Waals surface area contributed by atoms with Gasteiger partial charge < -0.3 is 10.2 Å². The molecule has 0 bridgehead atoms. The van der Waals surface area contributed by atoms with Crippen molar-refractivity contribution in [2.75, 3.05) is 18.0 Å². The molecule has 0 aromatic carbocycles. The summed E-state index contributed by atoms with van der Waals surface area (Å²) in [6.07, 6.45) is 4.04.